The first-order valence-corrected chi connectivity index (χ1v) is 7.23. The number of aliphatic hydroxyl groups excluding tert-OH is 1. The Morgan fingerprint density at radius 1 is 1.17 bits per heavy atom. The lowest BCUT2D eigenvalue weighted by molar-refractivity contribution is 0.0954. The summed E-state index contributed by atoms with van der Waals surface area (Å²) in [5, 5.41) is 13.5. The minimum absolute atomic E-state index is 0.144. The average Bonchev–Trinajstić information content (AvgIpc) is 3.10. The average molecular weight is 328 g/mol. The normalized spacial score (nSPS) is 12.8. The summed E-state index contributed by atoms with van der Waals surface area (Å²) >= 11 is 0. The molecule has 0 atom stereocenters. The van der Waals surface area contributed by atoms with Gasteiger partial charge >= 0.3 is 0 Å². The molecule has 0 bridgehead atoms. The molecule has 0 aliphatic carbocycles. The standard InChI is InChI=1S/C17H16N2O5/c1-22-13-5-2-11(3-6-13)14(9-20)18-19-17(21)12-4-7-15-16(8-12)24-10-23-15/h2-8,20H,9-10H2,1H3,(H,19,21). The third-order valence-electron chi connectivity index (χ3n) is 3.50. The third-order valence-corrected chi connectivity index (χ3v) is 3.50. The minimum atomic E-state index is -0.409. The molecule has 1 aliphatic heterocycles. The second kappa shape index (κ2) is 7.01. The quantitative estimate of drug-likeness (QED) is 0.642. The van der Waals surface area contributed by atoms with Crippen LogP contribution < -0.4 is 19.6 Å². The molecule has 2 N–H and O–H groups in total. The molecule has 0 fully saturated rings. The van der Waals surface area contributed by atoms with Gasteiger partial charge in [0.15, 0.2) is 11.5 Å². The zero-order valence-electron chi connectivity index (χ0n) is 13.0. The van der Waals surface area contributed by atoms with E-state index in [1.165, 1.54) is 0 Å². The van der Waals surface area contributed by atoms with E-state index in [4.69, 9.17) is 14.2 Å². The summed E-state index contributed by atoms with van der Waals surface area (Å²) in [6, 6.07) is 11.9. The lowest BCUT2D eigenvalue weighted by Gasteiger charge is -2.06. The molecule has 24 heavy (non-hydrogen) atoms. The number of amides is 1. The van der Waals surface area contributed by atoms with Gasteiger partial charge in [0.25, 0.3) is 5.91 Å². The number of rotatable bonds is 5. The Hall–Kier alpha value is -3.06. The molecule has 2 aromatic carbocycles. The molecule has 0 aromatic heterocycles. The maximum Gasteiger partial charge on any atom is 0.271 e. The van der Waals surface area contributed by atoms with Crippen LogP contribution in [0.2, 0.25) is 0 Å². The molecule has 0 saturated heterocycles. The van der Waals surface area contributed by atoms with Crippen LogP contribution in [0, 0.1) is 0 Å². The van der Waals surface area contributed by atoms with Crippen LogP contribution in [0.5, 0.6) is 17.2 Å². The van der Waals surface area contributed by atoms with Gasteiger partial charge in [-0.05, 0) is 42.5 Å². The van der Waals surface area contributed by atoms with Crippen molar-refractivity contribution in [1.82, 2.24) is 5.43 Å². The zero-order valence-corrected chi connectivity index (χ0v) is 13.0. The van der Waals surface area contributed by atoms with Crippen molar-refractivity contribution < 1.29 is 24.1 Å². The van der Waals surface area contributed by atoms with Crippen LogP contribution in [0.15, 0.2) is 47.6 Å². The molecule has 7 heteroatoms. The van der Waals surface area contributed by atoms with Crippen molar-refractivity contribution in [3.8, 4) is 17.2 Å². The topological polar surface area (TPSA) is 89.4 Å². The number of carbonyl (C=O) groups excluding carboxylic acids is 1. The van der Waals surface area contributed by atoms with Crippen LogP contribution in [0.25, 0.3) is 0 Å². The highest BCUT2D eigenvalue weighted by atomic mass is 16.7. The molecule has 3 rings (SSSR count). The maximum absolute atomic E-state index is 12.2. The molecule has 1 amide bonds. The first-order valence-electron chi connectivity index (χ1n) is 7.23. The second-order valence-electron chi connectivity index (χ2n) is 4.95. The van der Waals surface area contributed by atoms with E-state index in [0.717, 1.165) is 0 Å². The molecule has 2 aromatic rings. The number of benzene rings is 2. The molecule has 0 saturated carbocycles. The molecule has 1 heterocycles. The van der Waals surface area contributed by atoms with Gasteiger partial charge in [-0.3, -0.25) is 4.79 Å². The van der Waals surface area contributed by atoms with Crippen LogP contribution in [-0.4, -0.2) is 37.2 Å². The van der Waals surface area contributed by atoms with Crippen LogP contribution in [0.1, 0.15) is 15.9 Å². The Bertz CT molecular complexity index is 771. The van der Waals surface area contributed by atoms with Crippen LogP contribution in [0.3, 0.4) is 0 Å². The molecule has 0 radical (unpaired) electrons. The summed E-state index contributed by atoms with van der Waals surface area (Å²) in [6.45, 7) is -0.168. The van der Waals surface area contributed by atoms with Crippen molar-refractivity contribution in [2.75, 3.05) is 20.5 Å². The molecule has 0 unspecified atom stereocenters. The van der Waals surface area contributed by atoms with Gasteiger partial charge in [0.1, 0.15) is 5.75 Å². The van der Waals surface area contributed by atoms with Crippen molar-refractivity contribution in [3.05, 3.63) is 53.6 Å². The van der Waals surface area contributed by atoms with E-state index < -0.39 is 5.91 Å². The van der Waals surface area contributed by atoms with Gasteiger partial charge in [0.2, 0.25) is 6.79 Å². The monoisotopic (exact) mass is 328 g/mol. The Morgan fingerprint density at radius 3 is 2.58 bits per heavy atom. The maximum atomic E-state index is 12.2. The van der Waals surface area contributed by atoms with Gasteiger partial charge in [0.05, 0.1) is 19.4 Å². The van der Waals surface area contributed by atoms with Gasteiger partial charge < -0.3 is 19.3 Å². The number of aliphatic hydroxyl groups is 1. The lowest BCUT2D eigenvalue weighted by atomic mass is 10.1. The Morgan fingerprint density at radius 2 is 1.88 bits per heavy atom. The number of fused-ring (bicyclic) bond motifs is 1. The predicted molar refractivity (Wildman–Crippen MR) is 86.6 cm³/mol. The van der Waals surface area contributed by atoms with Crippen molar-refractivity contribution in [2.45, 2.75) is 0 Å². The summed E-state index contributed by atoms with van der Waals surface area (Å²) in [5.74, 6) is 1.40. The van der Waals surface area contributed by atoms with E-state index in [-0.39, 0.29) is 13.4 Å². The lowest BCUT2D eigenvalue weighted by Crippen LogP contribution is -2.21. The van der Waals surface area contributed by atoms with E-state index in [1.807, 2.05) is 0 Å². The molecule has 0 spiro atoms. The number of hydrogen-bond acceptors (Lipinski definition) is 6. The first-order chi connectivity index (χ1) is 11.7. The largest absolute Gasteiger partial charge is 0.497 e. The van der Waals surface area contributed by atoms with Crippen LogP contribution >= 0.6 is 0 Å². The first kappa shape index (κ1) is 15.8. The number of nitrogens with zero attached hydrogens (tertiary/aromatic N) is 1. The Labute approximate surface area is 138 Å². The Balaban J connectivity index is 1.73. The summed E-state index contributed by atoms with van der Waals surface area (Å²) in [4.78, 5) is 12.2. The van der Waals surface area contributed by atoms with Crippen LogP contribution in [-0.2, 0) is 0 Å². The van der Waals surface area contributed by atoms with Gasteiger partial charge in [-0.1, -0.05) is 0 Å². The number of methoxy groups -OCH3 is 1. The molecular weight excluding hydrogens is 312 g/mol. The minimum Gasteiger partial charge on any atom is -0.497 e. The number of hydrogen-bond donors (Lipinski definition) is 2. The van der Waals surface area contributed by atoms with E-state index >= 15 is 0 Å². The van der Waals surface area contributed by atoms with Crippen LogP contribution in [0.4, 0.5) is 0 Å². The van der Waals surface area contributed by atoms with Gasteiger partial charge in [0, 0.05) is 11.1 Å². The van der Waals surface area contributed by atoms with Gasteiger partial charge in [-0.25, -0.2) is 5.43 Å². The molecular formula is C17H16N2O5. The van der Waals surface area contributed by atoms with Gasteiger partial charge in [-0.2, -0.15) is 5.10 Å². The van der Waals surface area contributed by atoms with Gasteiger partial charge in [-0.15, -0.1) is 0 Å². The molecule has 1 aliphatic rings. The smallest absolute Gasteiger partial charge is 0.271 e. The predicted octanol–water partition coefficient (Wildman–Crippen LogP) is 1.55. The number of hydrazone groups is 1. The fourth-order valence-corrected chi connectivity index (χ4v) is 2.20. The van der Waals surface area contributed by atoms with Crippen molar-refractivity contribution >= 4 is 11.6 Å². The van der Waals surface area contributed by atoms with Crippen molar-refractivity contribution in [3.63, 3.8) is 0 Å². The fraction of sp³-hybridized carbons (Fsp3) is 0.176. The van der Waals surface area contributed by atoms with E-state index in [9.17, 15) is 9.90 Å². The summed E-state index contributed by atoms with van der Waals surface area (Å²) < 4.78 is 15.5. The van der Waals surface area contributed by atoms with E-state index in [2.05, 4.69) is 10.5 Å². The summed E-state index contributed by atoms with van der Waals surface area (Å²) in [6.07, 6.45) is 0. The second-order valence-corrected chi connectivity index (χ2v) is 4.95. The number of nitrogens with one attached hydrogen (secondary N) is 1. The SMILES string of the molecule is COc1ccc(C(CO)=NNC(=O)c2ccc3c(c2)OCO3)cc1. The highest BCUT2D eigenvalue weighted by Gasteiger charge is 2.16. The number of ether oxygens (including phenoxy) is 3. The molecule has 7 nitrogen and oxygen atoms in total. The van der Waals surface area contributed by atoms with E-state index in [1.54, 1.807) is 49.6 Å². The molecule has 124 valence electrons. The fourth-order valence-electron chi connectivity index (χ4n) is 2.20. The summed E-state index contributed by atoms with van der Waals surface area (Å²) in [5.41, 5.74) is 3.84. The zero-order chi connectivity index (χ0) is 16.9. The third kappa shape index (κ3) is 3.31. The Kier molecular flexibility index (Phi) is 4.62. The number of carbonyl (C=O) groups is 1. The van der Waals surface area contributed by atoms with E-state index in [0.29, 0.717) is 34.1 Å². The van der Waals surface area contributed by atoms with Crippen molar-refractivity contribution in [1.29, 1.82) is 0 Å². The highest BCUT2D eigenvalue weighted by molar-refractivity contribution is 6.03. The summed E-state index contributed by atoms with van der Waals surface area (Å²) in [7, 11) is 1.57. The highest BCUT2D eigenvalue weighted by Crippen LogP contribution is 2.32. The van der Waals surface area contributed by atoms with Crippen molar-refractivity contribution in [2.24, 2.45) is 5.10 Å².